The number of rotatable bonds is 8. The van der Waals surface area contributed by atoms with Gasteiger partial charge in [-0.3, -0.25) is 4.79 Å². The molecule has 3 aromatic rings. The van der Waals surface area contributed by atoms with Crippen molar-refractivity contribution in [1.82, 2.24) is 4.72 Å². The van der Waals surface area contributed by atoms with Crippen molar-refractivity contribution in [3.63, 3.8) is 0 Å². The number of benzene rings is 3. The van der Waals surface area contributed by atoms with Gasteiger partial charge in [-0.05, 0) is 73.0 Å². The highest BCUT2D eigenvalue weighted by Crippen LogP contribution is 2.51. The van der Waals surface area contributed by atoms with Crippen molar-refractivity contribution in [3.05, 3.63) is 71.8 Å². The number of ether oxygens (including phenoxy) is 3. The minimum Gasteiger partial charge on any atom is -0.454 e. The summed E-state index contributed by atoms with van der Waals surface area (Å²) in [6.07, 6.45) is -3.61. The first kappa shape index (κ1) is 25.1. The van der Waals surface area contributed by atoms with E-state index in [1.165, 1.54) is 49.5 Å². The molecule has 0 amide bonds. The highest BCUT2D eigenvalue weighted by atomic mass is 32.2. The van der Waals surface area contributed by atoms with Crippen LogP contribution in [0.2, 0.25) is 0 Å². The van der Waals surface area contributed by atoms with Gasteiger partial charge in [0, 0.05) is 12.0 Å². The first-order valence-electron chi connectivity index (χ1n) is 11.4. The average molecular weight is 534 g/mol. The lowest BCUT2D eigenvalue weighted by Crippen LogP contribution is -2.22. The summed E-state index contributed by atoms with van der Waals surface area (Å²) in [5, 5.41) is 0. The summed E-state index contributed by atoms with van der Waals surface area (Å²) in [4.78, 5) is 13.4. The van der Waals surface area contributed by atoms with Crippen LogP contribution in [0.5, 0.6) is 17.2 Å². The molecule has 0 radical (unpaired) electrons. The van der Waals surface area contributed by atoms with Crippen molar-refractivity contribution < 1.29 is 40.6 Å². The summed E-state index contributed by atoms with van der Waals surface area (Å²) in [5.74, 6) is 0.684. The molecule has 0 spiro atoms. The molecular formula is C26H22F3NO6S. The molecule has 194 valence electrons. The van der Waals surface area contributed by atoms with Crippen molar-refractivity contribution in [1.29, 1.82) is 0 Å². The second-order valence-corrected chi connectivity index (χ2v) is 10.7. The monoisotopic (exact) mass is 533 g/mol. The molecule has 7 nitrogen and oxygen atoms in total. The molecule has 1 saturated carbocycles. The van der Waals surface area contributed by atoms with Crippen LogP contribution in [0, 0.1) is 0 Å². The van der Waals surface area contributed by atoms with Gasteiger partial charge in [0.15, 0.2) is 11.5 Å². The Morgan fingerprint density at radius 1 is 1.00 bits per heavy atom. The van der Waals surface area contributed by atoms with E-state index in [1.54, 1.807) is 12.1 Å². The summed E-state index contributed by atoms with van der Waals surface area (Å²) in [6, 6.07) is 14.8. The van der Waals surface area contributed by atoms with E-state index >= 15 is 0 Å². The molecule has 0 atom stereocenters. The first-order chi connectivity index (χ1) is 17.5. The number of carbonyl (C=O) groups is 1. The number of Topliss-reactive ketones (excluding diaryl/α,β-unsaturated/α-hetero) is 1. The summed E-state index contributed by atoms with van der Waals surface area (Å²) < 4.78 is 80.4. The lowest BCUT2D eigenvalue weighted by atomic mass is 9.87. The summed E-state index contributed by atoms with van der Waals surface area (Å²) in [7, 11) is -2.46. The van der Waals surface area contributed by atoms with E-state index < -0.39 is 27.6 Å². The van der Waals surface area contributed by atoms with Crippen LogP contribution >= 0.6 is 0 Å². The number of nitrogens with one attached hydrogen (secondary N) is 1. The lowest BCUT2D eigenvalue weighted by Gasteiger charge is -2.17. The second-order valence-electron chi connectivity index (χ2n) is 8.86. The number of alkyl halides is 3. The largest absolute Gasteiger partial charge is 0.573 e. The highest BCUT2D eigenvalue weighted by Gasteiger charge is 2.50. The Labute approximate surface area is 211 Å². The van der Waals surface area contributed by atoms with Crippen LogP contribution in [0.15, 0.2) is 65.6 Å². The molecule has 0 saturated heterocycles. The molecule has 3 aromatic carbocycles. The van der Waals surface area contributed by atoms with Crippen LogP contribution in [0.3, 0.4) is 0 Å². The van der Waals surface area contributed by atoms with Crippen molar-refractivity contribution in [2.75, 3.05) is 13.8 Å². The lowest BCUT2D eigenvalue weighted by molar-refractivity contribution is -0.274. The molecule has 1 aliphatic heterocycles. The Morgan fingerprint density at radius 2 is 1.70 bits per heavy atom. The molecule has 0 bridgehead atoms. The zero-order valence-electron chi connectivity index (χ0n) is 19.6. The van der Waals surface area contributed by atoms with E-state index in [0.717, 1.165) is 5.56 Å². The van der Waals surface area contributed by atoms with E-state index in [1.807, 2.05) is 6.07 Å². The van der Waals surface area contributed by atoms with Gasteiger partial charge in [-0.15, -0.1) is 13.2 Å². The Balaban J connectivity index is 1.45. The number of halogens is 3. The molecule has 1 aliphatic carbocycles. The molecule has 2 aliphatic rings. The average Bonchev–Trinajstić information content (AvgIpc) is 3.55. The van der Waals surface area contributed by atoms with Crippen molar-refractivity contribution >= 4 is 15.8 Å². The van der Waals surface area contributed by atoms with Gasteiger partial charge in [0.05, 0.1) is 10.3 Å². The third-order valence-electron chi connectivity index (χ3n) is 6.59. The third-order valence-corrected chi connectivity index (χ3v) is 8.02. The van der Waals surface area contributed by atoms with Crippen LogP contribution < -0.4 is 18.9 Å². The molecule has 0 aromatic heterocycles. The van der Waals surface area contributed by atoms with Gasteiger partial charge in [-0.2, -0.15) is 0 Å². The molecular weight excluding hydrogens is 511 g/mol. The molecule has 5 rings (SSSR count). The fraction of sp³-hybridized carbons (Fsp3) is 0.269. The quantitative estimate of drug-likeness (QED) is 0.450. The van der Waals surface area contributed by atoms with Crippen LogP contribution in [-0.2, 0) is 26.7 Å². The SMILES string of the molecule is CNS(=O)(=O)c1ccc(-c2cc(CC(=O)C3(c4ccc5c(c4)OCO5)CC3)ccc2OC(F)(F)F)cc1. The maximum absolute atomic E-state index is 13.4. The van der Waals surface area contributed by atoms with E-state index in [-0.39, 0.29) is 29.5 Å². The van der Waals surface area contributed by atoms with Gasteiger partial charge >= 0.3 is 6.36 Å². The Bertz CT molecular complexity index is 1460. The van der Waals surface area contributed by atoms with Crippen LogP contribution in [0.25, 0.3) is 11.1 Å². The standard InChI is InChI=1S/C26H22F3NO6S/c1-30-37(32,33)19-6-3-17(4-7-19)20-12-16(2-8-21(20)36-26(27,28)29)13-24(31)25(10-11-25)18-5-9-22-23(14-18)35-15-34-22/h2-9,12,14,30H,10-11,13,15H2,1H3. The third kappa shape index (κ3) is 5.01. The van der Waals surface area contributed by atoms with E-state index in [2.05, 4.69) is 9.46 Å². The molecule has 1 N–H and O–H groups in total. The first-order valence-corrected chi connectivity index (χ1v) is 12.9. The molecule has 1 heterocycles. The number of sulfonamides is 1. The van der Waals surface area contributed by atoms with E-state index in [4.69, 9.17) is 9.47 Å². The number of hydrogen-bond acceptors (Lipinski definition) is 6. The van der Waals surface area contributed by atoms with Crippen LogP contribution in [0.4, 0.5) is 13.2 Å². The van der Waals surface area contributed by atoms with Crippen LogP contribution in [-0.4, -0.2) is 34.4 Å². The van der Waals surface area contributed by atoms with Gasteiger partial charge in [0.1, 0.15) is 11.5 Å². The van der Waals surface area contributed by atoms with Crippen LogP contribution in [0.1, 0.15) is 24.0 Å². The topological polar surface area (TPSA) is 90.9 Å². The van der Waals surface area contributed by atoms with Gasteiger partial charge in [-0.1, -0.05) is 24.3 Å². The maximum atomic E-state index is 13.4. The Hall–Kier alpha value is -3.57. The smallest absolute Gasteiger partial charge is 0.454 e. The fourth-order valence-corrected chi connectivity index (χ4v) is 5.19. The van der Waals surface area contributed by atoms with Crippen molar-refractivity contribution in [3.8, 4) is 28.4 Å². The van der Waals surface area contributed by atoms with E-state index in [9.17, 15) is 26.4 Å². The summed E-state index contributed by atoms with van der Waals surface area (Å²) >= 11 is 0. The predicted molar refractivity (Wildman–Crippen MR) is 127 cm³/mol. The zero-order chi connectivity index (χ0) is 26.4. The number of hydrogen-bond donors (Lipinski definition) is 1. The molecule has 11 heteroatoms. The Kier molecular flexibility index (Phi) is 6.15. The predicted octanol–water partition coefficient (Wildman–Crippen LogP) is 4.73. The van der Waals surface area contributed by atoms with Crippen molar-refractivity contribution in [2.45, 2.75) is 35.9 Å². The number of fused-ring (bicyclic) bond motifs is 1. The second kappa shape index (κ2) is 9.07. The van der Waals surface area contributed by atoms with Gasteiger partial charge in [0.2, 0.25) is 16.8 Å². The number of ketones is 1. The van der Waals surface area contributed by atoms with Gasteiger partial charge in [-0.25, -0.2) is 13.1 Å². The maximum Gasteiger partial charge on any atom is 0.573 e. The van der Waals surface area contributed by atoms with Gasteiger partial charge < -0.3 is 14.2 Å². The molecule has 1 fully saturated rings. The molecule has 0 unspecified atom stereocenters. The van der Waals surface area contributed by atoms with Crippen molar-refractivity contribution in [2.24, 2.45) is 0 Å². The zero-order valence-corrected chi connectivity index (χ0v) is 20.4. The minimum atomic E-state index is -4.93. The minimum absolute atomic E-state index is 0.0000424. The normalized spacial score (nSPS) is 15.9. The highest BCUT2D eigenvalue weighted by molar-refractivity contribution is 7.89. The number of carbonyl (C=O) groups excluding carboxylic acids is 1. The fourth-order valence-electron chi connectivity index (χ4n) is 4.46. The van der Waals surface area contributed by atoms with E-state index in [0.29, 0.717) is 35.5 Å². The molecule has 37 heavy (non-hydrogen) atoms. The van der Waals surface area contributed by atoms with Gasteiger partial charge in [0.25, 0.3) is 0 Å². The summed E-state index contributed by atoms with van der Waals surface area (Å²) in [6.45, 7) is 0.122. The Morgan fingerprint density at radius 3 is 2.35 bits per heavy atom. The summed E-state index contributed by atoms with van der Waals surface area (Å²) in [5.41, 5.74) is 1.05.